The number of anilines is 1. The molecule has 10 heteroatoms. The third-order valence-corrected chi connectivity index (χ3v) is 5.03. The fourth-order valence-corrected chi connectivity index (χ4v) is 3.21. The lowest BCUT2D eigenvalue weighted by Gasteiger charge is -2.34. The molecule has 1 aliphatic heterocycles. The van der Waals surface area contributed by atoms with Gasteiger partial charge in [-0.2, -0.15) is 0 Å². The standard InChI is InChI=1S/C20H35N7O2.HI/c1-20(2,3)16(29-5)15-25-18(21-4)22-10-7-17(28)26-11-13-27(14-12-26)19-23-8-6-9-24-19;/h6,8-9,16H,7,10-15H2,1-5H3,(H2,21,22,25);1H. The molecule has 1 aromatic rings. The van der Waals surface area contributed by atoms with Gasteiger partial charge in [-0.1, -0.05) is 20.8 Å². The first-order chi connectivity index (χ1) is 13.8. The van der Waals surface area contributed by atoms with Gasteiger partial charge in [-0.05, 0) is 11.5 Å². The van der Waals surface area contributed by atoms with Gasteiger partial charge in [0.15, 0.2) is 5.96 Å². The Kier molecular flexibility index (Phi) is 11.3. The second-order valence-electron chi connectivity index (χ2n) is 8.14. The van der Waals surface area contributed by atoms with Gasteiger partial charge in [-0.25, -0.2) is 9.97 Å². The highest BCUT2D eigenvalue weighted by atomic mass is 127. The minimum Gasteiger partial charge on any atom is -0.379 e. The highest BCUT2D eigenvalue weighted by molar-refractivity contribution is 14.0. The number of aliphatic imine (C=N–C) groups is 1. The molecule has 2 rings (SSSR count). The average Bonchev–Trinajstić information content (AvgIpc) is 2.72. The van der Waals surface area contributed by atoms with Gasteiger partial charge >= 0.3 is 0 Å². The molecule has 2 heterocycles. The summed E-state index contributed by atoms with van der Waals surface area (Å²) in [5, 5.41) is 6.48. The Bertz CT molecular complexity index is 659. The molecular weight excluding hydrogens is 497 g/mol. The second kappa shape index (κ2) is 12.9. The van der Waals surface area contributed by atoms with Gasteiger partial charge in [0, 0.05) is 72.2 Å². The Morgan fingerprint density at radius 1 is 1.20 bits per heavy atom. The highest BCUT2D eigenvalue weighted by Crippen LogP contribution is 2.20. The van der Waals surface area contributed by atoms with Crippen LogP contribution in [0.5, 0.6) is 0 Å². The molecule has 0 aromatic carbocycles. The topological polar surface area (TPSA) is 95.0 Å². The quantitative estimate of drug-likeness (QED) is 0.311. The predicted octanol–water partition coefficient (Wildman–Crippen LogP) is 1.36. The zero-order valence-electron chi connectivity index (χ0n) is 18.7. The number of rotatable bonds is 7. The Labute approximate surface area is 197 Å². The van der Waals surface area contributed by atoms with Crippen LogP contribution in [0.4, 0.5) is 5.95 Å². The maximum absolute atomic E-state index is 12.5. The van der Waals surface area contributed by atoms with Crippen molar-refractivity contribution in [3.8, 4) is 0 Å². The molecule has 0 radical (unpaired) electrons. The van der Waals surface area contributed by atoms with Gasteiger partial charge in [-0.15, -0.1) is 24.0 Å². The van der Waals surface area contributed by atoms with Crippen LogP contribution in [-0.4, -0.2) is 86.3 Å². The van der Waals surface area contributed by atoms with E-state index in [1.165, 1.54) is 0 Å². The lowest BCUT2D eigenvalue weighted by atomic mass is 9.89. The SMILES string of the molecule is CN=C(NCCC(=O)N1CCN(c2ncccn2)CC1)NCC(OC)C(C)(C)C.I. The molecule has 0 aliphatic carbocycles. The Morgan fingerprint density at radius 3 is 2.37 bits per heavy atom. The van der Waals surface area contributed by atoms with Gasteiger partial charge in [0.2, 0.25) is 11.9 Å². The molecule has 0 spiro atoms. The largest absolute Gasteiger partial charge is 0.379 e. The molecule has 0 bridgehead atoms. The van der Waals surface area contributed by atoms with Gasteiger partial charge < -0.3 is 25.2 Å². The molecule has 1 saturated heterocycles. The van der Waals surface area contributed by atoms with E-state index in [1.807, 2.05) is 4.90 Å². The Balaban J connectivity index is 0.00000450. The Morgan fingerprint density at radius 2 is 1.83 bits per heavy atom. The molecule has 9 nitrogen and oxygen atoms in total. The van der Waals surface area contributed by atoms with E-state index in [0.29, 0.717) is 38.6 Å². The third-order valence-electron chi connectivity index (χ3n) is 5.03. The zero-order chi connectivity index (χ0) is 21.3. The third kappa shape index (κ3) is 8.21. The summed E-state index contributed by atoms with van der Waals surface area (Å²) >= 11 is 0. The number of aromatic nitrogens is 2. The van der Waals surface area contributed by atoms with E-state index in [-0.39, 0.29) is 41.4 Å². The van der Waals surface area contributed by atoms with Crippen LogP contribution in [0.1, 0.15) is 27.2 Å². The number of halogens is 1. The molecule has 1 atom stereocenters. The summed E-state index contributed by atoms with van der Waals surface area (Å²) in [6.07, 6.45) is 3.97. The van der Waals surface area contributed by atoms with Crippen LogP contribution in [0.25, 0.3) is 0 Å². The molecule has 1 aromatic heterocycles. The molecule has 30 heavy (non-hydrogen) atoms. The van der Waals surface area contributed by atoms with Crippen molar-refractivity contribution in [3.05, 3.63) is 18.5 Å². The number of hydrogen-bond acceptors (Lipinski definition) is 6. The van der Waals surface area contributed by atoms with Crippen molar-refractivity contribution in [3.63, 3.8) is 0 Å². The maximum Gasteiger partial charge on any atom is 0.225 e. The van der Waals surface area contributed by atoms with Crippen LogP contribution < -0.4 is 15.5 Å². The summed E-state index contributed by atoms with van der Waals surface area (Å²) in [6.45, 7) is 10.5. The Hall–Kier alpha value is -1.69. The van der Waals surface area contributed by atoms with Crippen molar-refractivity contribution in [1.82, 2.24) is 25.5 Å². The number of hydrogen-bond donors (Lipinski definition) is 2. The molecule has 1 amide bonds. The lowest BCUT2D eigenvalue weighted by Crippen LogP contribution is -2.50. The first kappa shape index (κ1) is 26.3. The second-order valence-corrected chi connectivity index (χ2v) is 8.14. The van der Waals surface area contributed by atoms with Crippen molar-refractivity contribution in [1.29, 1.82) is 0 Å². The molecule has 170 valence electrons. The van der Waals surface area contributed by atoms with E-state index < -0.39 is 0 Å². The van der Waals surface area contributed by atoms with E-state index in [1.54, 1.807) is 32.6 Å². The maximum atomic E-state index is 12.5. The number of carbonyl (C=O) groups excluding carboxylic acids is 1. The van der Waals surface area contributed by atoms with Gasteiger partial charge in [0.1, 0.15) is 0 Å². The number of guanidine groups is 1. The fourth-order valence-electron chi connectivity index (χ4n) is 3.21. The summed E-state index contributed by atoms with van der Waals surface area (Å²) < 4.78 is 5.55. The zero-order valence-corrected chi connectivity index (χ0v) is 21.1. The normalized spacial score (nSPS) is 16.0. The molecule has 1 aliphatic rings. The number of amides is 1. The number of piperazine rings is 1. The van der Waals surface area contributed by atoms with Crippen LogP contribution in [0.2, 0.25) is 0 Å². The predicted molar refractivity (Wildman–Crippen MR) is 130 cm³/mol. The molecule has 1 fully saturated rings. The molecule has 2 N–H and O–H groups in total. The number of methoxy groups -OCH3 is 1. The average molecular weight is 533 g/mol. The minimum atomic E-state index is 0. The van der Waals surface area contributed by atoms with E-state index in [2.05, 4.69) is 51.3 Å². The van der Waals surface area contributed by atoms with E-state index in [9.17, 15) is 4.79 Å². The van der Waals surface area contributed by atoms with Crippen LogP contribution in [0.3, 0.4) is 0 Å². The molecule has 1 unspecified atom stereocenters. The van der Waals surface area contributed by atoms with Crippen molar-refractivity contribution in [2.75, 3.05) is 58.3 Å². The minimum absolute atomic E-state index is 0. The van der Waals surface area contributed by atoms with E-state index >= 15 is 0 Å². The van der Waals surface area contributed by atoms with E-state index in [0.717, 1.165) is 19.0 Å². The lowest BCUT2D eigenvalue weighted by molar-refractivity contribution is -0.131. The number of carbonyl (C=O) groups is 1. The van der Waals surface area contributed by atoms with Crippen LogP contribution in [0.15, 0.2) is 23.5 Å². The van der Waals surface area contributed by atoms with Crippen LogP contribution in [0, 0.1) is 5.41 Å². The fraction of sp³-hybridized carbons (Fsp3) is 0.700. The van der Waals surface area contributed by atoms with Gasteiger partial charge in [0.05, 0.1) is 6.10 Å². The van der Waals surface area contributed by atoms with Crippen LogP contribution >= 0.6 is 24.0 Å². The summed E-state index contributed by atoms with van der Waals surface area (Å²) in [7, 11) is 3.44. The monoisotopic (exact) mass is 533 g/mol. The molecular formula is C20H36IN7O2. The number of nitrogens with one attached hydrogen (secondary N) is 2. The van der Waals surface area contributed by atoms with Gasteiger partial charge in [0.25, 0.3) is 0 Å². The van der Waals surface area contributed by atoms with Crippen molar-refractivity contribution in [2.45, 2.75) is 33.3 Å². The number of ether oxygens (including phenoxy) is 1. The van der Waals surface area contributed by atoms with Crippen molar-refractivity contribution in [2.24, 2.45) is 10.4 Å². The van der Waals surface area contributed by atoms with E-state index in [4.69, 9.17) is 4.74 Å². The smallest absolute Gasteiger partial charge is 0.225 e. The summed E-state index contributed by atoms with van der Waals surface area (Å²) in [6, 6.07) is 1.80. The summed E-state index contributed by atoms with van der Waals surface area (Å²) in [4.78, 5) is 29.3. The summed E-state index contributed by atoms with van der Waals surface area (Å²) in [5.41, 5.74) is 0.0313. The van der Waals surface area contributed by atoms with Crippen molar-refractivity contribution >= 4 is 41.8 Å². The first-order valence-electron chi connectivity index (χ1n) is 10.1. The van der Waals surface area contributed by atoms with Crippen LogP contribution in [-0.2, 0) is 9.53 Å². The first-order valence-corrected chi connectivity index (χ1v) is 10.1. The molecule has 0 saturated carbocycles. The van der Waals surface area contributed by atoms with Gasteiger partial charge in [-0.3, -0.25) is 9.79 Å². The summed E-state index contributed by atoms with van der Waals surface area (Å²) in [5.74, 6) is 1.54. The highest BCUT2D eigenvalue weighted by Gasteiger charge is 2.25. The number of nitrogens with zero attached hydrogens (tertiary/aromatic N) is 5. The van der Waals surface area contributed by atoms with Crippen molar-refractivity contribution < 1.29 is 9.53 Å².